The summed E-state index contributed by atoms with van der Waals surface area (Å²) in [5.41, 5.74) is 3.06. The molecule has 2 aromatic rings. The zero-order valence-electron chi connectivity index (χ0n) is 15.2. The number of fused-ring (bicyclic) bond motifs is 1. The highest BCUT2D eigenvalue weighted by atomic mass is 16.5. The largest absolute Gasteiger partial charge is 0.488 e. The number of nitrogens with one attached hydrogen (secondary N) is 2. The summed E-state index contributed by atoms with van der Waals surface area (Å²) < 4.78 is 8.01. The van der Waals surface area contributed by atoms with Gasteiger partial charge in [0.15, 0.2) is 0 Å². The van der Waals surface area contributed by atoms with Crippen LogP contribution in [0.3, 0.4) is 0 Å². The maximum atomic E-state index is 12.6. The highest BCUT2D eigenvalue weighted by molar-refractivity contribution is 5.91. The van der Waals surface area contributed by atoms with Gasteiger partial charge in [-0.05, 0) is 57.1 Å². The van der Waals surface area contributed by atoms with E-state index in [1.165, 1.54) is 18.5 Å². The Morgan fingerprint density at radius 2 is 2.00 bits per heavy atom. The summed E-state index contributed by atoms with van der Waals surface area (Å²) in [5.74, 6) is 0.750. The molecule has 0 bridgehead atoms. The molecule has 2 aliphatic rings. The van der Waals surface area contributed by atoms with Crippen LogP contribution in [0.25, 0.3) is 0 Å². The molecule has 2 N–H and O–H groups in total. The number of carbonyl (C=O) groups is 1. The van der Waals surface area contributed by atoms with E-state index in [1.54, 1.807) is 0 Å². The molecule has 6 nitrogen and oxygen atoms in total. The van der Waals surface area contributed by atoms with Crippen molar-refractivity contribution >= 4 is 11.7 Å². The quantitative estimate of drug-likeness (QED) is 0.874. The second kappa shape index (κ2) is 7.40. The Morgan fingerprint density at radius 3 is 2.85 bits per heavy atom. The Labute approximate surface area is 153 Å². The summed E-state index contributed by atoms with van der Waals surface area (Å²) in [4.78, 5) is 12.6. The molecule has 1 atom stereocenters. The van der Waals surface area contributed by atoms with Crippen LogP contribution in [0.15, 0.2) is 30.5 Å². The zero-order chi connectivity index (χ0) is 17.9. The molecule has 0 aliphatic heterocycles. The first-order valence-corrected chi connectivity index (χ1v) is 9.54. The molecule has 4 rings (SSSR count). The smallest absolute Gasteiger partial charge is 0.319 e. The summed E-state index contributed by atoms with van der Waals surface area (Å²) in [6, 6.07) is 7.48. The topological polar surface area (TPSA) is 68.2 Å². The first-order chi connectivity index (χ1) is 12.7. The summed E-state index contributed by atoms with van der Waals surface area (Å²) >= 11 is 0. The predicted octanol–water partition coefficient (Wildman–Crippen LogP) is 3.94. The first kappa shape index (κ1) is 16.9. The van der Waals surface area contributed by atoms with Crippen LogP contribution in [0, 0.1) is 0 Å². The van der Waals surface area contributed by atoms with Crippen molar-refractivity contribution in [1.82, 2.24) is 15.1 Å². The number of nitrogens with zero attached hydrogens (tertiary/aromatic N) is 2. The van der Waals surface area contributed by atoms with Gasteiger partial charge in [-0.2, -0.15) is 5.10 Å². The van der Waals surface area contributed by atoms with Crippen LogP contribution in [0.4, 0.5) is 10.5 Å². The lowest BCUT2D eigenvalue weighted by Crippen LogP contribution is -2.34. The molecule has 1 fully saturated rings. The molecular weight excluding hydrogens is 328 g/mol. The fourth-order valence-corrected chi connectivity index (χ4v) is 4.03. The molecule has 2 aliphatic carbocycles. The first-order valence-electron chi connectivity index (χ1n) is 9.54. The number of benzene rings is 1. The molecule has 1 heterocycles. The maximum absolute atomic E-state index is 12.6. The number of anilines is 1. The fourth-order valence-electron chi connectivity index (χ4n) is 4.03. The number of amides is 2. The zero-order valence-corrected chi connectivity index (χ0v) is 15.2. The average Bonchev–Trinajstić information content (AvgIpc) is 3.28. The third-order valence-corrected chi connectivity index (χ3v) is 5.41. The third-order valence-electron chi connectivity index (χ3n) is 5.41. The van der Waals surface area contributed by atoms with Crippen LogP contribution in [0.2, 0.25) is 0 Å². The van der Waals surface area contributed by atoms with Gasteiger partial charge >= 0.3 is 6.03 Å². The second-order valence-electron chi connectivity index (χ2n) is 7.23. The van der Waals surface area contributed by atoms with Gasteiger partial charge in [0.05, 0.1) is 24.0 Å². The normalized spacial score (nSPS) is 19.8. The van der Waals surface area contributed by atoms with Crippen molar-refractivity contribution in [2.24, 2.45) is 7.05 Å². The fraction of sp³-hybridized carbons (Fsp3) is 0.500. The number of hydrogen-bond donors (Lipinski definition) is 2. The van der Waals surface area contributed by atoms with E-state index < -0.39 is 0 Å². The minimum absolute atomic E-state index is 0.00960. The number of hydrogen-bond acceptors (Lipinski definition) is 3. The predicted molar refractivity (Wildman–Crippen MR) is 100 cm³/mol. The molecule has 0 spiro atoms. The lowest BCUT2D eigenvalue weighted by molar-refractivity contribution is 0.211. The molecule has 26 heavy (non-hydrogen) atoms. The number of aromatic nitrogens is 2. The lowest BCUT2D eigenvalue weighted by Gasteiger charge is -2.24. The van der Waals surface area contributed by atoms with E-state index in [0.717, 1.165) is 49.1 Å². The van der Waals surface area contributed by atoms with Crippen LogP contribution in [0.1, 0.15) is 55.8 Å². The second-order valence-corrected chi connectivity index (χ2v) is 7.23. The van der Waals surface area contributed by atoms with Crippen molar-refractivity contribution in [2.45, 2.75) is 57.1 Å². The van der Waals surface area contributed by atoms with E-state index in [0.29, 0.717) is 0 Å². The Bertz CT molecular complexity index is 780. The molecule has 1 saturated carbocycles. The summed E-state index contributed by atoms with van der Waals surface area (Å²) in [6.07, 6.45) is 9.76. The van der Waals surface area contributed by atoms with Crippen molar-refractivity contribution in [3.8, 4) is 5.75 Å². The number of carbonyl (C=O) groups excluding carboxylic acids is 1. The van der Waals surface area contributed by atoms with Crippen LogP contribution >= 0.6 is 0 Å². The van der Waals surface area contributed by atoms with Gasteiger partial charge in [0.1, 0.15) is 5.75 Å². The van der Waals surface area contributed by atoms with E-state index in [9.17, 15) is 4.79 Å². The minimum atomic E-state index is -0.200. The number of ether oxygens (including phenoxy) is 1. The van der Waals surface area contributed by atoms with Crippen LogP contribution in [-0.4, -0.2) is 21.9 Å². The monoisotopic (exact) mass is 354 g/mol. The lowest BCUT2D eigenvalue weighted by atomic mass is 9.93. The van der Waals surface area contributed by atoms with Gasteiger partial charge in [0.25, 0.3) is 0 Å². The van der Waals surface area contributed by atoms with Gasteiger partial charge in [-0.3, -0.25) is 4.68 Å². The molecule has 1 aromatic carbocycles. The van der Waals surface area contributed by atoms with Crippen molar-refractivity contribution < 1.29 is 9.53 Å². The van der Waals surface area contributed by atoms with Crippen molar-refractivity contribution in [1.29, 1.82) is 0 Å². The van der Waals surface area contributed by atoms with E-state index in [-0.39, 0.29) is 18.2 Å². The molecule has 0 radical (unpaired) electrons. The Hall–Kier alpha value is -2.50. The Morgan fingerprint density at radius 1 is 1.19 bits per heavy atom. The number of rotatable bonds is 4. The van der Waals surface area contributed by atoms with Gasteiger partial charge < -0.3 is 15.4 Å². The molecule has 6 heteroatoms. The van der Waals surface area contributed by atoms with Gasteiger partial charge in [-0.15, -0.1) is 0 Å². The standard InChI is InChI=1S/C20H26N4O2/c1-24-18-11-6-10-16(15(18)13-21-24)22-20(25)23-17-9-4-5-12-19(17)26-14-7-2-3-8-14/h4-5,9,12-14,16H,2-3,6-8,10-11H2,1H3,(H2,22,23,25)/t16-/m0/s1. The van der Waals surface area contributed by atoms with Crippen molar-refractivity contribution in [3.63, 3.8) is 0 Å². The molecule has 0 saturated heterocycles. The number of urea groups is 1. The Balaban J connectivity index is 1.42. The highest BCUT2D eigenvalue weighted by Gasteiger charge is 2.25. The van der Waals surface area contributed by atoms with E-state index in [4.69, 9.17) is 4.74 Å². The van der Waals surface area contributed by atoms with Gasteiger partial charge in [-0.25, -0.2) is 4.79 Å². The number of para-hydroxylation sites is 2. The van der Waals surface area contributed by atoms with Gasteiger partial charge in [0, 0.05) is 18.3 Å². The molecule has 0 unspecified atom stereocenters. The average molecular weight is 354 g/mol. The molecule has 138 valence electrons. The molecule has 2 amide bonds. The van der Waals surface area contributed by atoms with Crippen molar-refractivity contribution in [2.75, 3.05) is 5.32 Å². The van der Waals surface area contributed by atoms with Crippen LogP contribution in [-0.2, 0) is 13.5 Å². The minimum Gasteiger partial charge on any atom is -0.488 e. The molecule has 1 aromatic heterocycles. The number of aryl methyl sites for hydroxylation is 1. The van der Waals surface area contributed by atoms with Gasteiger partial charge in [0.2, 0.25) is 0 Å². The maximum Gasteiger partial charge on any atom is 0.319 e. The third kappa shape index (κ3) is 3.54. The van der Waals surface area contributed by atoms with Crippen LogP contribution < -0.4 is 15.4 Å². The van der Waals surface area contributed by atoms with E-state index >= 15 is 0 Å². The summed E-state index contributed by atoms with van der Waals surface area (Å²) in [6.45, 7) is 0. The summed E-state index contributed by atoms with van der Waals surface area (Å²) in [5, 5.41) is 10.4. The highest BCUT2D eigenvalue weighted by Crippen LogP contribution is 2.31. The summed E-state index contributed by atoms with van der Waals surface area (Å²) in [7, 11) is 1.96. The SMILES string of the molecule is Cn1ncc2c1CCC[C@@H]2NC(=O)Nc1ccccc1OC1CCCC1. The van der Waals surface area contributed by atoms with Gasteiger partial charge in [-0.1, -0.05) is 12.1 Å². The van der Waals surface area contributed by atoms with Crippen molar-refractivity contribution in [3.05, 3.63) is 41.7 Å². The van der Waals surface area contributed by atoms with E-state index in [1.807, 2.05) is 42.2 Å². The molecular formula is C20H26N4O2. The van der Waals surface area contributed by atoms with E-state index in [2.05, 4.69) is 15.7 Å². The van der Waals surface area contributed by atoms with Crippen LogP contribution in [0.5, 0.6) is 5.75 Å². The Kier molecular flexibility index (Phi) is 4.82.